The van der Waals surface area contributed by atoms with E-state index in [2.05, 4.69) is 6.92 Å². The highest BCUT2D eigenvalue weighted by Gasteiger charge is 2.00. The molecule has 0 aliphatic carbocycles. The van der Waals surface area contributed by atoms with E-state index in [1.807, 2.05) is 25.1 Å². The number of benzene rings is 1. The molecule has 0 bridgehead atoms. The summed E-state index contributed by atoms with van der Waals surface area (Å²) in [4.78, 5) is 0. The largest absolute Gasteiger partial charge is 0.492 e. The number of aryl methyl sites for hydroxylation is 1. The SMILES string of the molecule is CCCCOc1cc(C)ccc1Cl. The third-order valence-corrected chi connectivity index (χ3v) is 2.15. The summed E-state index contributed by atoms with van der Waals surface area (Å²) in [7, 11) is 0. The monoisotopic (exact) mass is 198 g/mol. The molecule has 0 unspecified atom stereocenters. The van der Waals surface area contributed by atoms with Gasteiger partial charge in [-0.3, -0.25) is 0 Å². The van der Waals surface area contributed by atoms with Crippen LogP contribution >= 0.6 is 11.6 Å². The molecule has 2 heteroatoms. The normalized spacial score (nSPS) is 10.1. The quantitative estimate of drug-likeness (QED) is 0.669. The molecule has 13 heavy (non-hydrogen) atoms. The Morgan fingerprint density at radius 3 is 2.85 bits per heavy atom. The molecule has 1 aromatic rings. The van der Waals surface area contributed by atoms with Crippen LogP contribution in [0.25, 0.3) is 0 Å². The van der Waals surface area contributed by atoms with Gasteiger partial charge in [0.1, 0.15) is 5.75 Å². The fourth-order valence-corrected chi connectivity index (χ4v) is 1.22. The van der Waals surface area contributed by atoms with Gasteiger partial charge in [0, 0.05) is 0 Å². The first kappa shape index (κ1) is 10.4. The number of rotatable bonds is 4. The maximum absolute atomic E-state index is 5.95. The van der Waals surface area contributed by atoms with Gasteiger partial charge in [0.15, 0.2) is 0 Å². The molecule has 1 nitrogen and oxygen atoms in total. The van der Waals surface area contributed by atoms with E-state index in [4.69, 9.17) is 16.3 Å². The van der Waals surface area contributed by atoms with Crippen molar-refractivity contribution in [1.82, 2.24) is 0 Å². The minimum Gasteiger partial charge on any atom is -0.492 e. The third kappa shape index (κ3) is 3.27. The molecule has 0 aliphatic rings. The molecule has 0 radical (unpaired) electrons. The molecule has 1 rings (SSSR count). The predicted octanol–water partition coefficient (Wildman–Crippen LogP) is 3.83. The lowest BCUT2D eigenvalue weighted by Gasteiger charge is -2.07. The fourth-order valence-electron chi connectivity index (χ4n) is 1.05. The van der Waals surface area contributed by atoms with Crippen LogP contribution in [0.3, 0.4) is 0 Å². The van der Waals surface area contributed by atoms with Crippen LogP contribution < -0.4 is 4.74 Å². The van der Waals surface area contributed by atoms with E-state index < -0.39 is 0 Å². The van der Waals surface area contributed by atoms with Gasteiger partial charge in [0.05, 0.1) is 11.6 Å². The van der Waals surface area contributed by atoms with Crippen LogP contribution in [-0.2, 0) is 0 Å². The molecule has 0 N–H and O–H groups in total. The number of hydrogen-bond donors (Lipinski definition) is 0. The van der Waals surface area contributed by atoms with Crippen LogP contribution in [0, 0.1) is 6.92 Å². The summed E-state index contributed by atoms with van der Waals surface area (Å²) in [5.41, 5.74) is 1.18. The number of hydrogen-bond acceptors (Lipinski definition) is 1. The maximum Gasteiger partial charge on any atom is 0.138 e. The first-order chi connectivity index (χ1) is 6.24. The molecule has 0 spiro atoms. The molecule has 0 fully saturated rings. The Morgan fingerprint density at radius 1 is 1.38 bits per heavy atom. The Morgan fingerprint density at radius 2 is 2.15 bits per heavy atom. The molecule has 0 aliphatic heterocycles. The van der Waals surface area contributed by atoms with E-state index >= 15 is 0 Å². The molecule has 72 valence electrons. The second-order valence-electron chi connectivity index (χ2n) is 3.14. The van der Waals surface area contributed by atoms with E-state index in [1.54, 1.807) is 0 Å². The fraction of sp³-hybridized carbons (Fsp3) is 0.455. The summed E-state index contributed by atoms with van der Waals surface area (Å²) in [5.74, 6) is 0.801. The van der Waals surface area contributed by atoms with Gasteiger partial charge in [0.2, 0.25) is 0 Å². The molecule has 0 aromatic heterocycles. The Kier molecular flexibility index (Phi) is 4.10. The van der Waals surface area contributed by atoms with Gasteiger partial charge in [-0.1, -0.05) is 31.0 Å². The van der Waals surface area contributed by atoms with Crippen molar-refractivity contribution in [3.05, 3.63) is 28.8 Å². The van der Waals surface area contributed by atoms with Gasteiger partial charge < -0.3 is 4.74 Å². The second-order valence-corrected chi connectivity index (χ2v) is 3.54. The van der Waals surface area contributed by atoms with Gasteiger partial charge in [-0.05, 0) is 31.0 Å². The zero-order chi connectivity index (χ0) is 9.68. The van der Waals surface area contributed by atoms with Crippen LogP contribution in [0.5, 0.6) is 5.75 Å². The van der Waals surface area contributed by atoms with E-state index in [9.17, 15) is 0 Å². The molecule has 0 atom stereocenters. The Bertz CT molecular complexity index is 271. The number of halogens is 1. The molecule has 1 aromatic carbocycles. The van der Waals surface area contributed by atoms with Gasteiger partial charge in [-0.2, -0.15) is 0 Å². The maximum atomic E-state index is 5.95. The Labute approximate surface area is 84.7 Å². The van der Waals surface area contributed by atoms with E-state index in [0.717, 1.165) is 25.2 Å². The lowest BCUT2D eigenvalue weighted by Crippen LogP contribution is -1.97. The average molecular weight is 199 g/mol. The molecule has 0 heterocycles. The molecule has 0 amide bonds. The summed E-state index contributed by atoms with van der Waals surface area (Å²) in [6.45, 7) is 4.92. The van der Waals surface area contributed by atoms with Gasteiger partial charge in [-0.15, -0.1) is 0 Å². The van der Waals surface area contributed by atoms with Crippen molar-refractivity contribution in [3.63, 3.8) is 0 Å². The number of unbranched alkanes of at least 4 members (excludes halogenated alkanes) is 1. The van der Waals surface area contributed by atoms with Gasteiger partial charge >= 0.3 is 0 Å². The zero-order valence-corrected chi connectivity index (χ0v) is 8.90. The highest BCUT2D eigenvalue weighted by atomic mass is 35.5. The third-order valence-electron chi connectivity index (χ3n) is 1.84. The van der Waals surface area contributed by atoms with Gasteiger partial charge in [0.25, 0.3) is 0 Å². The smallest absolute Gasteiger partial charge is 0.138 e. The van der Waals surface area contributed by atoms with Crippen molar-refractivity contribution in [1.29, 1.82) is 0 Å². The van der Waals surface area contributed by atoms with E-state index in [1.165, 1.54) is 5.56 Å². The summed E-state index contributed by atoms with van der Waals surface area (Å²) in [6.07, 6.45) is 2.22. The van der Waals surface area contributed by atoms with Crippen LogP contribution in [0.15, 0.2) is 18.2 Å². The second kappa shape index (κ2) is 5.13. The first-order valence-corrected chi connectivity index (χ1v) is 5.00. The van der Waals surface area contributed by atoms with Crippen molar-refractivity contribution >= 4 is 11.6 Å². The minimum absolute atomic E-state index is 0.696. The van der Waals surface area contributed by atoms with Crippen molar-refractivity contribution in [2.45, 2.75) is 26.7 Å². The summed E-state index contributed by atoms with van der Waals surface area (Å²) in [6, 6.07) is 5.82. The van der Waals surface area contributed by atoms with Crippen molar-refractivity contribution in [2.75, 3.05) is 6.61 Å². The standard InChI is InChI=1S/C11H15ClO/c1-3-4-7-13-11-8-9(2)5-6-10(11)12/h5-6,8H,3-4,7H2,1-2H3. The highest BCUT2D eigenvalue weighted by molar-refractivity contribution is 6.32. The topological polar surface area (TPSA) is 9.23 Å². The van der Waals surface area contributed by atoms with Crippen LogP contribution in [-0.4, -0.2) is 6.61 Å². The molecular weight excluding hydrogens is 184 g/mol. The minimum atomic E-state index is 0.696. The average Bonchev–Trinajstić information content (AvgIpc) is 2.11. The van der Waals surface area contributed by atoms with Crippen LogP contribution in [0.1, 0.15) is 25.3 Å². The zero-order valence-electron chi connectivity index (χ0n) is 8.14. The Balaban J connectivity index is 2.59. The van der Waals surface area contributed by atoms with Crippen LogP contribution in [0.2, 0.25) is 5.02 Å². The lowest BCUT2D eigenvalue weighted by molar-refractivity contribution is 0.309. The summed E-state index contributed by atoms with van der Waals surface area (Å²) in [5, 5.41) is 0.696. The highest BCUT2D eigenvalue weighted by Crippen LogP contribution is 2.25. The van der Waals surface area contributed by atoms with Crippen molar-refractivity contribution in [3.8, 4) is 5.75 Å². The lowest BCUT2D eigenvalue weighted by atomic mass is 10.2. The van der Waals surface area contributed by atoms with Gasteiger partial charge in [-0.25, -0.2) is 0 Å². The predicted molar refractivity (Wildman–Crippen MR) is 56.6 cm³/mol. The molecule has 0 saturated heterocycles. The summed E-state index contributed by atoms with van der Waals surface area (Å²) >= 11 is 5.95. The van der Waals surface area contributed by atoms with E-state index in [0.29, 0.717) is 5.02 Å². The first-order valence-electron chi connectivity index (χ1n) is 4.63. The summed E-state index contributed by atoms with van der Waals surface area (Å²) < 4.78 is 5.53. The van der Waals surface area contributed by atoms with Crippen molar-refractivity contribution < 1.29 is 4.74 Å². The van der Waals surface area contributed by atoms with Crippen molar-refractivity contribution in [2.24, 2.45) is 0 Å². The van der Waals surface area contributed by atoms with E-state index in [-0.39, 0.29) is 0 Å². The number of ether oxygens (including phenoxy) is 1. The Hall–Kier alpha value is -0.690. The van der Waals surface area contributed by atoms with Crippen LogP contribution in [0.4, 0.5) is 0 Å². The molecule has 0 saturated carbocycles. The molecular formula is C11H15ClO.